The lowest BCUT2D eigenvalue weighted by molar-refractivity contribution is -0.304. The number of thiazole rings is 1. The number of alkyl halides is 1. The summed E-state index contributed by atoms with van der Waals surface area (Å²) < 4.78 is 31.6. The van der Waals surface area contributed by atoms with Crippen molar-refractivity contribution in [2.24, 2.45) is 5.92 Å². The van der Waals surface area contributed by atoms with Gasteiger partial charge in [0.1, 0.15) is 6.67 Å². The normalized spacial score (nSPS) is 20.7. The zero-order valence-electron chi connectivity index (χ0n) is 21.2. The Hall–Kier alpha value is -2.64. The summed E-state index contributed by atoms with van der Waals surface area (Å²) in [4.78, 5) is 23.8. The van der Waals surface area contributed by atoms with Crippen molar-refractivity contribution < 1.29 is 23.4 Å². The van der Waals surface area contributed by atoms with Crippen LogP contribution in [0.5, 0.6) is 0 Å². The van der Waals surface area contributed by atoms with Gasteiger partial charge in [0, 0.05) is 31.1 Å². The van der Waals surface area contributed by atoms with Gasteiger partial charge in [-0.15, -0.1) is 37.3 Å². The lowest BCUT2D eigenvalue weighted by atomic mass is 10.00. The van der Waals surface area contributed by atoms with E-state index in [9.17, 15) is 13.7 Å². The summed E-state index contributed by atoms with van der Waals surface area (Å²) >= 11 is 1.56. The second kappa shape index (κ2) is 16.9. The van der Waals surface area contributed by atoms with E-state index < -0.39 is 19.0 Å². The number of amides is 1. The number of benzene rings is 1. The van der Waals surface area contributed by atoms with E-state index in [0.717, 1.165) is 22.4 Å². The molecule has 1 fully saturated rings. The van der Waals surface area contributed by atoms with Crippen LogP contribution in [-0.4, -0.2) is 60.5 Å². The number of aromatic nitrogens is 1. The summed E-state index contributed by atoms with van der Waals surface area (Å²) in [5, 5.41) is 2.84. The van der Waals surface area contributed by atoms with Gasteiger partial charge in [-0.25, -0.2) is 4.39 Å². The molecule has 6 nitrogen and oxygen atoms in total. The number of hydrogen-bond acceptors (Lipinski definition) is 6. The molecule has 3 rings (SSSR count). The highest BCUT2D eigenvalue weighted by Crippen LogP contribution is 2.25. The number of carbonyl (C=O) groups excluding carboxylic acids is 1. The van der Waals surface area contributed by atoms with Crippen molar-refractivity contribution in [3.05, 3.63) is 54.7 Å². The summed E-state index contributed by atoms with van der Waals surface area (Å²) in [5.74, 6) is -0.537. The van der Waals surface area contributed by atoms with Gasteiger partial charge in [0.05, 0.1) is 22.5 Å². The SMILES string of the molecule is C#C.C=C.CC(CN(C)[C@@H]1C[C@H](OF)O[C@H](C)C1)C(=O)N[C@H](CF)Cc1ccc(-c2cncs2)cc1. The number of hydrogen-bond donors (Lipinski definition) is 1. The van der Waals surface area contributed by atoms with Crippen LogP contribution in [0.1, 0.15) is 32.3 Å². The average Bonchev–Trinajstić information content (AvgIpc) is 3.45. The molecule has 1 aliphatic rings. The molecule has 1 unspecified atom stereocenters. The van der Waals surface area contributed by atoms with E-state index in [1.165, 1.54) is 0 Å². The van der Waals surface area contributed by atoms with Crippen LogP contribution in [0.4, 0.5) is 8.92 Å². The quantitative estimate of drug-likeness (QED) is 0.343. The molecule has 0 bridgehead atoms. The van der Waals surface area contributed by atoms with Gasteiger partial charge in [-0.2, -0.15) is 4.94 Å². The molecular formula is C27H37F2N3O3S. The van der Waals surface area contributed by atoms with Crippen molar-refractivity contribution in [3.8, 4) is 23.3 Å². The maximum absolute atomic E-state index is 13.7. The minimum atomic E-state index is -0.881. The van der Waals surface area contributed by atoms with Gasteiger partial charge in [-0.3, -0.25) is 9.78 Å². The predicted molar refractivity (Wildman–Crippen MR) is 142 cm³/mol. The number of halogens is 2. The Morgan fingerprint density at radius 3 is 2.56 bits per heavy atom. The van der Waals surface area contributed by atoms with Gasteiger partial charge in [0.15, 0.2) is 6.29 Å². The van der Waals surface area contributed by atoms with Crippen molar-refractivity contribution >= 4 is 17.2 Å². The molecule has 2 aromatic rings. The Morgan fingerprint density at radius 1 is 1.33 bits per heavy atom. The number of nitrogens with one attached hydrogen (secondary N) is 1. The maximum Gasteiger partial charge on any atom is 0.224 e. The van der Waals surface area contributed by atoms with Crippen LogP contribution in [0.3, 0.4) is 0 Å². The molecule has 9 heteroatoms. The molecule has 5 atom stereocenters. The van der Waals surface area contributed by atoms with Crippen molar-refractivity contribution in [2.45, 2.75) is 57.6 Å². The molecule has 1 saturated heterocycles. The standard InChI is InChI=1S/C23H31F2N3O3S.C2H4.C2H2/c1-15(13-28(3)20-8-16(2)30-22(10-20)31-25)23(29)27-19(11-24)9-17-4-6-18(7-5-17)21-12-26-14-32-21;2*1-2/h4-7,12,14-16,19-20,22H,8-11,13H2,1-3H3,(H,27,29);1-2H2;1-2H/t15?,16-,19+,20+,22+;;/m1../s1. The minimum Gasteiger partial charge on any atom is -0.350 e. The summed E-state index contributed by atoms with van der Waals surface area (Å²) in [6.45, 7) is 9.53. The first-order valence-electron chi connectivity index (χ1n) is 11.7. The highest BCUT2D eigenvalue weighted by Gasteiger charge is 2.32. The predicted octanol–water partition coefficient (Wildman–Crippen LogP) is 5.22. The monoisotopic (exact) mass is 521 g/mol. The molecule has 1 aromatic heterocycles. The molecule has 0 saturated carbocycles. The molecule has 0 spiro atoms. The summed E-state index contributed by atoms with van der Waals surface area (Å²) in [5.41, 5.74) is 3.81. The van der Waals surface area contributed by atoms with E-state index in [4.69, 9.17) is 4.74 Å². The number of nitrogens with zero attached hydrogens (tertiary/aromatic N) is 2. The topological polar surface area (TPSA) is 63.7 Å². The van der Waals surface area contributed by atoms with Crippen molar-refractivity contribution in [3.63, 3.8) is 0 Å². The third kappa shape index (κ3) is 9.78. The molecule has 1 N–H and O–H groups in total. The first kappa shape index (κ1) is 31.4. The fraction of sp³-hybridized carbons (Fsp3) is 0.481. The Morgan fingerprint density at radius 2 is 2.00 bits per heavy atom. The second-order valence-corrected chi connectivity index (χ2v) is 9.44. The smallest absolute Gasteiger partial charge is 0.224 e. The lowest BCUT2D eigenvalue weighted by Crippen LogP contribution is -2.48. The van der Waals surface area contributed by atoms with Crippen LogP contribution < -0.4 is 5.32 Å². The molecule has 0 aliphatic carbocycles. The Labute approximate surface area is 217 Å². The number of rotatable bonds is 10. The fourth-order valence-electron chi connectivity index (χ4n) is 4.09. The number of ether oxygens (including phenoxy) is 1. The highest BCUT2D eigenvalue weighted by atomic mass is 32.1. The molecule has 36 heavy (non-hydrogen) atoms. The molecule has 0 radical (unpaired) electrons. The summed E-state index contributed by atoms with van der Waals surface area (Å²) in [6.07, 6.45) is 10.4. The first-order valence-corrected chi connectivity index (χ1v) is 12.6. The van der Waals surface area contributed by atoms with Gasteiger partial charge >= 0.3 is 0 Å². The largest absolute Gasteiger partial charge is 0.350 e. The van der Waals surface area contributed by atoms with Crippen LogP contribution in [0.15, 0.2) is 49.1 Å². The number of carbonyl (C=O) groups is 1. The zero-order chi connectivity index (χ0) is 27.1. The van der Waals surface area contributed by atoms with Gasteiger partial charge in [-0.1, -0.05) is 31.2 Å². The van der Waals surface area contributed by atoms with Crippen LogP contribution in [0.2, 0.25) is 0 Å². The van der Waals surface area contributed by atoms with Gasteiger partial charge in [0.2, 0.25) is 5.91 Å². The zero-order valence-corrected chi connectivity index (χ0v) is 22.1. The lowest BCUT2D eigenvalue weighted by Gasteiger charge is -2.37. The molecular weight excluding hydrogens is 484 g/mol. The third-order valence-electron chi connectivity index (χ3n) is 5.87. The van der Waals surface area contributed by atoms with Crippen molar-refractivity contribution in [2.75, 3.05) is 20.3 Å². The fourth-order valence-corrected chi connectivity index (χ4v) is 4.72. The molecule has 1 aliphatic heterocycles. The highest BCUT2D eigenvalue weighted by molar-refractivity contribution is 7.13. The van der Waals surface area contributed by atoms with E-state index in [1.54, 1.807) is 16.8 Å². The first-order chi connectivity index (χ1) is 17.4. The third-order valence-corrected chi connectivity index (χ3v) is 6.69. The van der Waals surface area contributed by atoms with E-state index in [0.29, 0.717) is 19.4 Å². The average molecular weight is 522 g/mol. The summed E-state index contributed by atoms with van der Waals surface area (Å²) in [6, 6.07) is 7.34. The molecule has 198 valence electrons. The van der Waals surface area contributed by atoms with E-state index in [2.05, 4.69) is 41.2 Å². The van der Waals surface area contributed by atoms with Crippen LogP contribution in [0, 0.1) is 18.8 Å². The van der Waals surface area contributed by atoms with Gasteiger partial charge in [-0.05, 0) is 42.5 Å². The Balaban J connectivity index is 0.00000154. The van der Waals surface area contributed by atoms with Crippen molar-refractivity contribution in [1.29, 1.82) is 0 Å². The van der Waals surface area contributed by atoms with E-state index in [1.807, 2.05) is 56.3 Å². The maximum atomic E-state index is 13.7. The van der Waals surface area contributed by atoms with Gasteiger partial charge < -0.3 is 15.0 Å². The van der Waals surface area contributed by atoms with Crippen molar-refractivity contribution in [1.82, 2.24) is 15.2 Å². The van der Waals surface area contributed by atoms with E-state index in [-0.39, 0.29) is 24.0 Å². The summed E-state index contributed by atoms with van der Waals surface area (Å²) in [7, 11) is 1.90. The van der Waals surface area contributed by atoms with Gasteiger partial charge in [0.25, 0.3) is 0 Å². The van der Waals surface area contributed by atoms with Crippen LogP contribution in [0.25, 0.3) is 10.4 Å². The Kier molecular flexibility index (Phi) is 14.8. The Bertz CT molecular complexity index is 895. The second-order valence-electron chi connectivity index (χ2n) is 8.56. The molecule has 2 heterocycles. The molecule has 1 aromatic carbocycles. The van der Waals surface area contributed by atoms with Crippen LogP contribution in [-0.2, 0) is 20.9 Å². The number of terminal acetylenes is 1. The minimum absolute atomic E-state index is 0.0452. The molecule has 1 amide bonds. The van der Waals surface area contributed by atoms with Crippen LogP contribution >= 0.6 is 11.3 Å². The van der Waals surface area contributed by atoms with E-state index >= 15 is 0 Å².